The topological polar surface area (TPSA) is 68.0 Å². The van der Waals surface area contributed by atoms with Gasteiger partial charge in [0.2, 0.25) is 5.89 Å². The lowest BCUT2D eigenvalue weighted by Gasteiger charge is -2.13. The number of nitrogens with one attached hydrogen (secondary N) is 1. The fourth-order valence-electron chi connectivity index (χ4n) is 3.18. The highest BCUT2D eigenvalue weighted by atomic mass is 16.4. The number of ketones is 1. The monoisotopic (exact) mass is 377 g/mol. The number of benzene rings is 2. The average Bonchev–Trinajstić information content (AvgIpc) is 3.16. The minimum absolute atomic E-state index is 0.148. The molecule has 0 fully saturated rings. The van der Waals surface area contributed by atoms with Gasteiger partial charge in [-0.1, -0.05) is 73.5 Å². The molecule has 0 aliphatic heterocycles. The van der Waals surface area contributed by atoms with Gasteiger partial charge in [-0.2, -0.15) is 0 Å². The Labute approximate surface area is 166 Å². The van der Waals surface area contributed by atoms with Crippen LogP contribution in [0.3, 0.4) is 0 Å². The Balaban J connectivity index is 1.75. The van der Waals surface area contributed by atoms with Gasteiger partial charge in [-0.15, -0.1) is 5.10 Å². The van der Waals surface area contributed by atoms with E-state index in [0.29, 0.717) is 37.2 Å². The molecule has 0 amide bonds. The molecule has 0 aliphatic rings. The summed E-state index contributed by atoms with van der Waals surface area (Å²) in [5.74, 6) is 0.846. The molecule has 1 N–H and O–H groups in total. The van der Waals surface area contributed by atoms with Crippen LogP contribution < -0.4 is 5.32 Å². The van der Waals surface area contributed by atoms with Crippen molar-refractivity contribution in [3.8, 4) is 0 Å². The predicted molar refractivity (Wildman–Crippen MR) is 111 cm³/mol. The van der Waals surface area contributed by atoms with Crippen molar-refractivity contribution in [1.29, 1.82) is 0 Å². The van der Waals surface area contributed by atoms with E-state index in [9.17, 15) is 4.79 Å². The minimum atomic E-state index is -0.247. The summed E-state index contributed by atoms with van der Waals surface area (Å²) in [6, 6.07) is 18.5. The van der Waals surface area contributed by atoms with Gasteiger partial charge < -0.3 is 9.73 Å². The lowest BCUT2D eigenvalue weighted by Crippen LogP contribution is -2.11. The lowest BCUT2D eigenvalue weighted by atomic mass is 9.91. The molecular weight excluding hydrogens is 350 g/mol. The zero-order chi connectivity index (χ0) is 19.9. The van der Waals surface area contributed by atoms with Crippen molar-refractivity contribution in [1.82, 2.24) is 10.2 Å². The summed E-state index contributed by atoms with van der Waals surface area (Å²) in [6.07, 6.45) is 0.722. The van der Waals surface area contributed by atoms with Crippen molar-refractivity contribution in [3.05, 3.63) is 77.2 Å². The second-order valence-corrected chi connectivity index (χ2v) is 7.25. The molecule has 1 aromatic heterocycles. The number of Topliss-reactive ketones (excluding diaryl/α,β-unsaturated/α-hetero) is 1. The fraction of sp³-hybridized carbons (Fsp3) is 0.348. The van der Waals surface area contributed by atoms with Crippen molar-refractivity contribution < 1.29 is 9.21 Å². The van der Waals surface area contributed by atoms with Gasteiger partial charge in [-0.3, -0.25) is 4.79 Å². The summed E-state index contributed by atoms with van der Waals surface area (Å²) >= 11 is 0. The number of hydrogen-bond acceptors (Lipinski definition) is 5. The normalized spacial score (nSPS) is 12.1. The van der Waals surface area contributed by atoms with Crippen LogP contribution in [-0.4, -0.2) is 22.5 Å². The van der Waals surface area contributed by atoms with Crippen LogP contribution in [0.5, 0.6) is 0 Å². The molecule has 3 aromatic rings. The summed E-state index contributed by atoms with van der Waals surface area (Å²) in [5.41, 5.74) is 3.30. The second-order valence-electron chi connectivity index (χ2n) is 7.25. The third-order valence-corrected chi connectivity index (χ3v) is 4.75. The Hall–Kier alpha value is -2.95. The van der Waals surface area contributed by atoms with Gasteiger partial charge >= 0.3 is 6.01 Å². The molecule has 3 rings (SSSR count). The smallest absolute Gasteiger partial charge is 0.315 e. The van der Waals surface area contributed by atoms with Gasteiger partial charge in [0.15, 0.2) is 0 Å². The third kappa shape index (κ3) is 5.06. The summed E-state index contributed by atoms with van der Waals surface area (Å²) in [4.78, 5) is 12.8. The van der Waals surface area contributed by atoms with E-state index < -0.39 is 0 Å². The number of carbonyl (C=O) groups excluding carboxylic acids is 1. The maximum Gasteiger partial charge on any atom is 0.315 e. The van der Waals surface area contributed by atoms with Crippen molar-refractivity contribution in [2.24, 2.45) is 0 Å². The summed E-state index contributed by atoms with van der Waals surface area (Å²) in [5, 5.41) is 11.2. The van der Waals surface area contributed by atoms with Crippen LogP contribution in [-0.2, 0) is 11.2 Å². The van der Waals surface area contributed by atoms with Crippen LogP contribution >= 0.6 is 0 Å². The summed E-state index contributed by atoms with van der Waals surface area (Å²) in [7, 11) is 0. The standard InChI is InChI=1S/C23H27N3O2/c1-4-24-23-26-25-22(28-23)21(19-8-6-5-7-9-19)15-20(27)14-17-10-12-18(13-11-17)16(2)3/h5-13,16,21H,4,14-15H2,1-3H3,(H,24,26)/t21-/m0/s1. The maximum absolute atomic E-state index is 12.8. The first-order valence-corrected chi connectivity index (χ1v) is 9.79. The van der Waals surface area contributed by atoms with Gasteiger partial charge in [0.25, 0.3) is 0 Å². The number of hydrogen-bond donors (Lipinski definition) is 1. The highest BCUT2D eigenvalue weighted by molar-refractivity contribution is 5.82. The zero-order valence-electron chi connectivity index (χ0n) is 16.7. The molecule has 146 valence electrons. The van der Waals surface area contributed by atoms with Crippen LogP contribution in [0.2, 0.25) is 0 Å². The van der Waals surface area contributed by atoms with Gasteiger partial charge in [0, 0.05) is 19.4 Å². The van der Waals surface area contributed by atoms with Crippen LogP contribution in [0.4, 0.5) is 6.01 Å². The lowest BCUT2D eigenvalue weighted by molar-refractivity contribution is -0.118. The van der Waals surface area contributed by atoms with Gasteiger partial charge in [0.1, 0.15) is 5.78 Å². The van der Waals surface area contributed by atoms with E-state index in [-0.39, 0.29) is 11.7 Å². The van der Waals surface area contributed by atoms with Gasteiger partial charge in [-0.05, 0) is 29.5 Å². The summed E-state index contributed by atoms with van der Waals surface area (Å²) < 4.78 is 5.75. The van der Waals surface area contributed by atoms with E-state index in [1.54, 1.807) is 0 Å². The third-order valence-electron chi connectivity index (χ3n) is 4.75. The average molecular weight is 377 g/mol. The SMILES string of the molecule is CCNc1nnc([C@@H](CC(=O)Cc2ccc(C(C)C)cc2)c2ccccc2)o1. The Morgan fingerprint density at radius 2 is 1.71 bits per heavy atom. The Morgan fingerprint density at radius 3 is 2.36 bits per heavy atom. The Morgan fingerprint density at radius 1 is 1.00 bits per heavy atom. The molecule has 0 spiro atoms. The van der Waals surface area contributed by atoms with Crippen molar-refractivity contribution in [3.63, 3.8) is 0 Å². The number of anilines is 1. The predicted octanol–water partition coefficient (Wildman–Crippen LogP) is 4.96. The molecule has 0 bridgehead atoms. The molecule has 0 unspecified atom stereocenters. The summed E-state index contributed by atoms with van der Waals surface area (Å²) in [6.45, 7) is 6.99. The molecule has 1 atom stereocenters. The first-order valence-electron chi connectivity index (χ1n) is 9.79. The van der Waals surface area contributed by atoms with E-state index in [2.05, 4.69) is 41.5 Å². The molecular formula is C23H27N3O2. The molecule has 0 saturated heterocycles. The zero-order valence-corrected chi connectivity index (χ0v) is 16.7. The van der Waals surface area contributed by atoms with Crippen molar-refractivity contribution in [2.75, 3.05) is 11.9 Å². The van der Waals surface area contributed by atoms with E-state index in [4.69, 9.17) is 4.42 Å². The minimum Gasteiger partial charge on any atom is -0.407 e. The Kier molecular flexibility index (Phi) is 6.58. The van der Waals surface area contributed by atoms with Gasteiger partial charge in [0.05, 0.1) is 5.92 Å². The van der Waals surface area contributed by atoms with Crippen LogP contribution in [0, 0.1) is 0 Å². The first-order chi connectivity index (χ1) is 13.6. The first kappa shape index (κ1) is 19.8. The van der Waals surface area contributed by atoms with E-state index in [1.165, 1.54) is 5.56 Å². The largest absolute Gasteiger partial charge is 0.407 e. The molecule has 28 heavy (non-hydrogen) atoms. The van der Waals surface area contributed by atoms with Crippen LogP contribution in [0.1, 0.15) is 61.6 Å². The highest BCUT2D eigenvalue weighted by Crippen LogP contribution is 2.29. The van der Waals surface area contributed by atoms with Crippen molar-refractivity contribution in [2.45, 2.75) is 45.4 Å². The number of rotatable bonds is 9. The molecule has 1 heterocycles. The quantitative estimate of drug-likeness (QED) is 0.571. The van der Waals surface area contributed by atoms with E-state index in [0.717, 1.165) is 11.1 Å². The molecule has 0 radical (unpaired) electrons. The molecule has 0 aliphatic carbocycles. The fourth-order valence-corrected chi connectivity index (χ4v) is 3.18. The Bertz CT molecular complexity index is 886. The van der Waals surface area contributed by atoms with Crippen LogP contribution in [0.15, 0.2) is 59.0 Å². The van der Waals surface area contributed by atoms with E-state index in [1.807, 2.05) is 49.4 Å². The van der Waals surface area contributed by atoms with E-state index >= 15 is 0 Å². The number of nitrogens with zero attached hydrogens (tertiary/aromatic N) is 2. The number of aromatic nitrogens is 2. The molecule has 0 saturated carbocycles. The highest BCUT2D eigenvalue weighted by Gasteiger charge is 2.24. The molecule has 5 nitrogen and oxygen atoms in total. The van der Waals surface area contributed by atoms with Crippen LogP contribution in [0.25, 0.3) is 0 Å². The number of carbonyl (C=O) groups is 1. The molecule has 2 aromatic carbocycles. The van der Waals surface area contributed by atoms with Crippen molar-refractivity contribution >= 4 is 11.8 Å². The molecule has 5 heteroatoms. The second kappa shape index (κ2) is 9.31. The maximum atomic E-state index is 12.8. The van der Waals surface area contributed by atoms with Gasteiger partial charge in [-0.25, -0.2) is 0 Å².